The van der Waals surface area contributed by atoms with E-state index in [-0.39, 0.29) is 42.2 Å². The van der Waals surface area contributed by atoms with E-state index in [1.54, 1.807) is 11.3 Å². The van der Waals surface area contributed by atoms with E-state index in [9.17, 15) is 4.79 Å². The first-order valence-electron chi connectivity index (χ1n) is 7.34. The Labute approximate surface area is 149 Å². The van der Waals surface area contributed by atoms with Gasteiger partial charge in [-0.05, 0) is 25.3 Å². The smallest absolute Gasteiger partial charge is 0.226 e. The highest BCUT2D eigenvalue weighted by atomic mass is 35.5. The number of rotatable bonds is 4. The molecule has 128 valence electrons. The highest BCUT2D eigenvalue weighted by Gasteiger charge is 2.27. The van der Waals surface area contributed by atoms with Gasteiger partial charge >= 0.3 is 0 Å². The maximum absolute atomic E-state index is 12.1. The fourth-order valence-electron chi connectivity index (χ4n) is 2.66. The van der Waals surface area contributed by atoms with Crippen molar-refractivity contribution in [2.24, 2.45) is 11.7 Å². The number of nitrogens with two attached hydrogens (primary N) is 1. The van der Waals surface area contributed by atoms with Gasteiger partial charge in [0, 0.05) is 16.8 Å². The molecule has 0 saturated heterocycles. The molecule has 3 N–H and O–H groups in total. The first kappa shape index (κ1) is 21.6. The average Bonchev–Trinajstić information content (AvgIpc) is 2.97. The number of thiazole rings is 1. The molecule has 1 heterocycles. The van der Waals surface area contributed by atoms with Gasteiger partial charge in [-0.1, -0.05) is 27.2 Å². The van der Waals surface area contributed by atoms with E-state index < -0.39 is 0 Å². The van der Waals surface area contributed by atoms with Crippen LogP contribution < -0.4 is 11.1 Å². The summed E-state index contributed by atoms with van der Waals surface area (Å²) in [6.07, 6.45) is 3.72. The Morgan fingerprint density at radius 3 is 2.64 bits per heavy atom. The Bertz CT molecular complexity index is 474. The van der Waals surface area contributed by atoms with Gasteiger partial charge in [-0.15, -0.1) is 36.2 Å². The largest absolute Gasteiger partial charge is 0.353 e. The molecule has 1 aliphatic carbocycles. The summed E-state index contributed by atoms with van der Waals surface area (Å²) >= 11 is 1.64. The Kier molecular flexibility index (Phi) is 8.91. The molecule has 0 bridgehead atoms. The molecule has 1 fully saturated rings. The van der Waals surface area contributed by atoms with Crippen LogP contribution in [-0.2, 0) is 16.6 Å². The van der Waals surface area contributed by atoms with E-state index in [2.05, 4.69) is 31.1 Å². The number of carbonyl (C=O) groups is 1. The Morgan fingerprint density at radius 2 is 2.09 bits per heavy atom. The second-order valence-corrected chi connectivity index (χ2v) is 7.53. The van der Waals surface area contributed by atoms with Crippen LogP contribution in [-0.4, -0.2) is 23.5 Å². The molecule has 2 unspecified atom stereocenters. The lowest BCUT2D eigenvalue weighted by molar-refractivity contribution is -0.121. The molecule has 1 saturated carbocycles. The van der Waals surface area contributed by atoms with Crippen LogP contribution in [0.4, 0.5) is 0 Å². The molecule has 0 aliphatic heterocycles. The van der Waals surface area contributed by atoms with Crippen LogP contribution in [0.25, 0.3) is 0 Å². The van der Waals surface area contributed by atoms with Crippen molar-refractivity contribution in [3.05, 3.63) is 16.1 Å². The second-order valence-electron chi connectivity index (χ2n) is 6.67. The zero-order valence-electron chi connectivity index (χ0n) is 13.4. The van der Waals surface area contributed by atoms with Gasteiger partial charge in [0.05, 0.1) is 17.1 Å². The van der Waals surface area contributed by atoms with Crippen LogP contribution in [0.15, 0.2) is 5.38 Å². The molecule has 0 aromatic carbocycles. The van der Waals surface area contributed by atoms with Crippen molar-refractivity contribution in [1.82, 2.24) is 10.3 Å². The number of amides is 1. The summed E-state index contributed by atoms with van der Waals surface area (Å²) in [5.74, 6) is 0.514. The third-order valence-electron chi connectivity index (χ3n) is 3.84. The van der Waals surface area contributed by atoms with Crippen molar-refractivity contribution >= 4 is 42.1 Å². The van der Waals surface area contributed by atoms with E-state index in [1.807, 2.05) is 5.38 Å². The van der Waals surface area contributed by atoms with Gasteiger partial charge < -0.3 is 11.1 Å². The lowest BCUT2D eigenvalue weighted by atomic mass is 9.98. The zero-order chi connectivity index (χ0) is 14.8. The van der Waals surface area contributed by atoms with Gasteiger partial charge in [-0.25, -0.2) is 4.98 Å². The SMILES string of the molecule is CC(C)(C)c1nc(CC(=O)NC2CCCC2CN)cs1.Cl.Cl. The number of nitrogens with zero attached hydrogens (tertiary/aromatic N) is 1. The first-order valence-corrected chi connectivity index (χ1v) is 8.22. The number of hydrogen-bond acceptors (Lipinski definition) is 4. The Morgan fingerprint density at radius 1 is 1.41 bits per heavy atom. The van der Waals surface area contributed by atoms with Crippen LogP contribution in [0.3, 0.4) is 0 Å². The maximum atomic E-state index is 12.1. The monoisotopic (exact) mass is 367 g/mol. The van der Waals surface area contributed by atoms with E-state index >= 15 is 0 Å². The molecule has 0 radical (unpaired) electrons. The van der Waals surface area contributed by atoms with E-state index in [0.29, 0.717) is 18.9 Å². The molecule has 1 aliphatic rings. The van der Waals surface area contributed by atoms with Gasteiger partial charge in [0.25, 0.3) is 0 Å². The van der Waals surface area contributed by atoms with Crippen LogP contribution in [0.5, 0.6) is 0 Å². The summed E-state index contributed by atoms with van der Waals surface area (Å²) in [6.45, 7) is 7.08. The highest BCUT2D eigenvalue weighted by Crippen LogP contribution is 2.26. The zero-order valence-corrected chi connectivity index (χ0v) is 15.9. The summed E-state index contributed by atoms with van der Waals surface area (Å²) in [4.78, 5) is 16.7. The second kappa shape index (κ2) is 9.06. The van der Waals surface area contributed by atoms with E-state index in [4.69, 9.17) is 5.73 Å². The number of nitrogens with one attached hydrogen (secondary N) is 1. The number of aromatic nitrogens is 1. The van der Waals surface area contributed by atoms with Gasteiger partial charge in [0.2, 0.25) is 5.91 Å². The highest BCUT2D eigenvalue weighted by molar-refractivity contribution is 7.09. The fraction of sp³-hybridized carbons (Fsp3) is 0.733. The van der Waals surface area contributed by atoms with E-state index in [0.717, 1.165) is 30.0 Å². The quantitative estimate of drug-likeness (QED) is 0.858. The number of halogens is 2. The normalized spacial score (nSPS) is 20.9. The molecule has 1 aromatic heterocycles. The minimum Gasteiger partial charge on any atom is -0.353 e. The first-order chi connectivity index (χ1) is 9.40. The molecule has 2 atom stereocenters. The van der Waals surface area contributed by atoms with Crippen molar-refractivity contribution in [1.29, 1.82) is 0 Å². The van der Waals surface area contributed by atoms with Gasteiger partial charge in [0.1, 0.15) is 0 Å². The molecule has 1 amide bonds. The van der Waals surface area contributed by atoms with Gasteiger partial charge in [0.15, 0.2) is 0 Å². The summed E-state index contributed by atoms with van der Waals surface area (Å²) in [5.41, 5.74) is 6.67. The summed E-state index contributed by atoms with van der Waals surface area (Å²) in [7, 11) is 0. The number of hydrogen-bond donors (Lipinski definition) is 2. The van der Waals surface area contributed by atoms with Crippen molar-refractivity contribution < 1.29 is 4.79 Å². The molecule has 7 heteroatoms. The molecule has 22 heavy (non-hydrogen) atoms. The van der Waals surface area contributed by atoms with Crippen molar-refractivity contribution in [2.45, 2.75) is 57.9 Å². The molecular formula is C15H27Cl2N3OS. The van der Waals surface area contributed by atoms with E-state index in [1.165, 1.54) is 0 Å². The standard InChI is InChI=1S/C15H25N3OS.2ClH/c1-15(2,3)14-17-11(9-20-14)7-13(19)18-12-6-4-5-10(12)8-16;;/h9-10,12H,4-8,16H2,1-3H3,(H,18,19);2*1H. The van der Waals surface area contributed by atoms with Crippen LogP contribution in [0.1, 0.15) is 50.7 Å². The van der Waals surface area contributed by atoms with Crippen molar-refractivity contribution in [3.63, 3.8) is 0 Å². The molecular weight excluding hydrogens is 341 g/mol. The Balaban J connectivity index is 0.00000220. The summed E-state index contributed by atoms with van der Waals surface area (Å²) in [6, 6.07) is 0.258. The third kappa shape index (κ3) is 5.69. The molecule has 4 nitrogen and oxygen atoms in total. The lowest BCUT2D eigenvalue weighted by Gasteiger charge is -2.19. The summed E-state index contributed by atoms with van der Waals surface area (Å²) < 4.78 is 0. The molecule has 2 rings (SSSR count). The summed E-state index contributed by atoms with van der Waals surface area (Å²) in [5, 5.41) is 6.20. The Hall–Kier alpha value is -0.360. The van der Waals surface area contributed by atoms with Crippen molar-refractivity contribution in [3.8, 4) is 0 Å². The lowest BCUT2D eigenvalue weighted by Crippen LogP contribution is -2.40. The minimum atomic E-state index is 0. The average molecular weight is 368 g/mol. The predicted octanol–water partition coefficient (Wildman–Crippen LogP) is 3.07. The maximum Gasteiger partial charge on any atom is 0.226 e. The van der Waals surface area contributed by atoms with Gasteiger partial charge in [-0.3, -0.25) is 4.79 Å². The molecule has 1 aromatic rings. The molecule has 0 spiro atoms. The third-order valence-corrected chi connectivity index (χ3v) is 5.16. The van der Waals surface area contributed by atoms with Crippen LogP contribution in [0.2, 0.25) is 0 Å². The van der Waals surface area contributed by atoms with Crippen molar-refractivity contribution in [2.75, 3.05) is 6.54 Å². The number of carbonyl (C=O) groups excluding carboxylic acids is 1. The topological polar surface area (TPSA) is 68.0 Å². The van der Waals surface area contributed by atoms with Crippen LogP contribution in [0, 0.1) is 5.92 Å². The van der Waals surface area contributed by atoms with Gasteiger partial charge in [-0.2, -0.15) is 0 Å². The minimum absolute atomic E-state index is 0. The fourth-order valence-corrected chi connectivity index (χ4v) is 3.57. The predicted molar refractivity (Wildman–Crippen MR) is 97.3 cm³/mol. The van der Waals surface area contributed by atoms with Crippen LogP contribution >= 0.6 is 36.2 Å².